The zero-order chi connectivity index (χ0) is 16.7. The van der Waals surface area contributed by atoms with Gasteiger partial charge in [0.25, 0.3) is 0 Å². The van der Waals surface area contributed by atoms with Crippen molar-refractivity contribution in [3.8, 4) is 11.5 Å². The molecule has 2 heterocycles. The van der Waals surface area contributed by atoms with E-state index in [4.69, 9.17) is 9.47 Å². The molecular weight excluding hydrogens is 310 g/mol. The first-order valence-corrected chi connectivity index (χ1v) is 8.54. The van der Waals surface area contributed by atoms with Crippen molar-refractivity contribution in [3.05, 3.63) is 23.8 Å². The Hall–Kier alpha value is -2.24. The molecule has 2 fully saturated rings. The van der Waals surface area contributed by atoms with Crippen LogP contribution in [0.2, 0.25) is 0 Å². The van der Waals surface area contributed by atoms with Crippen LogP contribution in [0.4, 0.5) is 0 Å². The van der Waals surface area contributed by atoms with E-state index in [1.165, 1.54) is 0 Å². The standard InChI is InChI=1S/C18H21NO5/c20-17(19-5-1-2-12(10-19)18(21)22)14-9-13(14)11-3-4-15-16(8-11)24-7-6-23-15/h3-4,8,12-14H,1-2,5-7,9-10H2,(H,21,22)/t12-,13-,14-/m1/s1. The Bertz CT molecular complexity index is 673. The molecule has 1 saturated carbocycles. The summed E-state index contributed by atoms with van der Waals surface area (Å²) >= 11 is 0. The van der Waals surface area contributed by atoms with Crippen molar-refractivity contribution in [1.82, 2.24) is 4.90 Å². The SMILES string of the molecule is O=C(O)[C@@H]1CCCN(C(=O)[C@@H]2C[C@@H]2c2ccc3c(c2)OCCO3)C1. The predicted molar refractivity (Wildman–Crippen MR) is 85.2 cm³/mol. The molecule has 0 radical (unpaired) electrons. The molecule has 0 unspecified atom stereocenters. The molecule has 3 atom stereocenters. The number of ether oxygens (including phenoxy) is 2. The van der Waals surface area contributed by atoms with Crippen molar-refractivity contribution >= 4 is 11.9 Å². The topological polar surface area (TPSA) is 76.1 Å². The molecule has 3 aliphatic rings. The highest BCUT2D eigenvalue weighted by atomic mass is 16.6. The first kappa shape index (κ1) is 15.3. The monoisotopic (exact) mass is 331 g/mol. The number of nitrogens with zero attached hydrogens (tertiary/aromatic N) is 1. The molecule has 6 heteroatoms. The second kappa shape index (κ2) is 6.00. The van der Waals surface area contributed by atoms with Gasteiger partial charge >= 0.3 is 5.97 Å². The normalized spacial score (nSPS) is 28.3. The summed E-state index contributed by atoms with van der Waals surface area (Å²) in [6.07, 6.45) is 2.26. The maximum atomic E-state index is 12.7. The van der Waals surface area contributed by atoms with Crippen LogP contribution in [0.25, 0.3) is 0 Å². The Kier molecular flexibility index (Phi) is 3.82. The van der Waals surface area contributed by atoms with Gasteiger partial charge in [-0.15, -0.1) is 0 Å². The molecule has 1 N–H and O–H groups in total. The van der Waals surface area contributed by atoms with Gasteiger partial charge in [-0.05, 0) is 42.9 Å². The van der Waals surface area contributed by atoms with Crippen molar-refractivity contribution < 1.29 is 24.2 Å². The van der Waals surface area contributed by atoms with Crippen molar-refractivity contribution in [3.63, 3.8) is 0 Å². The average Bonchev–Trinajstić information content (AvgIpc) is 3.41. The van der Waals surface area contributed by atoms with Gasteiger partial charge in [0.15, 0.2) is 11.5 Å². The van der Waals surface area contributed by atoms with Crippen LogP contribution in [-0.4, -0.2) is 48.2 Å². The Balaban J connectivity index is 1.42. The maximum Gasteiger partial charge on any atom is 0.308 e. The number of aliphatic carboxylic acids is 1. The lowest BCUT2D eigenvalue weighted by molar-refractivity contribution is -0.146. The van der Waals surface area contributed by atoms with Crippen LogP contribution in [0.15, 0.2) is 18.2 Å². The van der Waals surface area contributed by atoms with Crippen LogP contribution in [0.1, 0.15) is 30.7 Å². The van der Waals surface area contributed by atoms with Crippen molar-refractivity contribution in [2.24, 2.45) is 11.8 Å². The Labute approximate surface area is 140 Å². The number of benzene rings is 1. The summed E-state index contributed by atoms with van der Waals surface area (Å²) in [5.41, 5.74) is 1.10. The lowest BCUT2D eigenvalue weighted by Gasteiger charge is -2.31. The Morgan fingerprint density at radius 3 is 2.75 bits per heavy atom. The van der Waals surface area contributed by atoms with Crippen LogP contribution in [0, 0.1) is 11.8 Å². The minimum Gasteiger partial charge on any atom is -0.486 e. The summed E-state index contributed by atoms with van der Waals surface area (Å²) in [7, 11) is 0. The molecule has 0 bridgehead atoms. The molecule has 1 amide bonds. The van der Waals surface area contributed by atoms with E-state index in [0.717, 1.165) is 29.9 Å². The van der Waals surface area contributed by atoms with Crippen molar-refractivity contribution in [1.29, 1.82) is 0 Å². The van der Waals surface area contributed by atoms with Gasteiger partial charge in [0.2, 0.25) is 5.91 Å². The highest BCUT2D eigenvalue weighted by molar-refractivity contribution is 5.84. The second-order valence-corrected chi connectivity index (χ2v) is 6.81. The predicted octanol–water partition coefficient (Wildman–Crippen LogP) is 1.88. The fourth-order valence-electron chi connectivity index (χ4n) is 3.74. The number of likely N-dealkylation sites (tertiary alicyclic amines) is 1. The highest BCUT2D eigenvalue weighted by Gasteiger charge is 2.47. The van der Waals surface area contributed by atoms with E-state index < -0.39 is 11.9 Å². The number of amides is 1. The number of carboxylic acids is 1. The number of carbonyl (C=O) groups excluding carboxylic acids is 1. The fourth-order valence-corrected chi connectivity index (χ4v) is 3.74. The molecule has 2 aliphatic heterocycles. The third-order valence-corrected chi connectivity index (χ3v) is 5.18. The lowest BCUT2D eigenvalue weighted by atomic mass is 9.97. The number of piperidine rings is 1. The van der Waals surface area contributed by atoms with Gasteiger partial charge in [-0.1, -0.05) is 6.07 Å². The third-order valence-electron chi connectivity index (χ3n) is 5.18. The van der Waals surface area contributed by atoms with Crippen LogP contribution in [-0.2, 0) is 9.59 Å². The molecule has 1 aromatic carbocycles. The smallest absolute Gasteiger partial charge is 0.308 e. The molecule has 24 heavy (non-hydrogen) atoms. The first-order chi connectivity index (χ1) is 11.6. The van der Waals surface area contributed by atoms with Gasteiger partial charge in [-0.2, -0.15) is 0 Å². The number of carbonyl (C=O) groups is 2. The second-order valence-electron chi connectivity index (χ2n) is 6.81. The number of fused-ring (bicyclic) bond motifs is 1. The van der Waals surface area contributed by atoms with E-state index in [1.54, 1.807) is 4.90 Å². The molecular formula is C18H21NO5. The van der Waals surface area contributed by atoms with E-state index in [2.05, 4.69) is 0 Å². The minimum absolute atomic E-state index is 0.0277. The summed E-state index contributed by atoms with van der Waals surface area (Å²) in [5.74, 6) is 0.565. The minimum atomic E-state index is -0.799. The molecule has 128 valence electrons. The van der Waals surface area contributed by atoms with Crippen LogP contribution in [0.5, 0.6) is 11.5 Å². The molecule has 0 aromatic heterocycles. The van der Waals surface area contributed by atoms with E-state index in [9.17, 15) is 14.7 Å². The van der Waals surface area contributed by atoms with Crippen molar-refractivity contribution in [2.45, 2.75) is 25.2 Å². The quantitative estimate of drug-likeness (QED) is 0.915. The van der Waals surface area contributed by atoms with Crippen LogP contribution in [0.3, 0.4) is 0 Å². The highest BCUT2D eigenvalue weighted by Crippen LogP contribution is 2.50. The first-order valence-electron chi connectivity index (χ1n) is 8.54. The number of rotatable bonds is 3. The van der Waals surface area contributed by atoms with E-state index >= 15 is 0 Å². The Morgan fingerprint density at radius 2 is 1.96 bits per heavy atom. The molecule has 1 aromatic rings. The van der Waals surface area contributed by atoms with E-state index in [-0.39, 0.29) is 17.7 Å². The molecule has 1 saturated heterocycles. The summed E-state index contributed by atoms with van der Waals surface area (Å²) in [4.78, 5) is 25.6. The lowest BCUT2D eigenvalue weighted by Crippen LogP contribution is -2.43. The van der Waals surface area contributed by atoms with E-state index in [1.807, 2.05) is 18.2 Å². The third kappa shape index (κ3) is 2.81. The molecule has 4 rings (SSSR count). The van der Waals surface area contributed by atoms with Gasteiger partial charge in [0.1, 0.15) is 13.2 Å². The van der Waals surface area contributed by atoms with E-state index in [0.29, 0.717) is 32.7 Å². The number of carboxylic acid groups (broad SMARTS) is 1. The van der Waals surface area contributed by atoms with Gasteiger partial charge in [0, 0.05) is 19.0 Å². The summed E-state index contributed by atoms with van der Waals surface area (Å²) < 4.78 is 11.1. The number of hydrogen-bond donors (Lipinski definition) is 1. The molecule has 6 nitrogen and oxygen atoms in total. The molecule has 1 aliphatic carbocycles. The van der Waals surface area contributed by atoms with Gasteiger partial charge in [-0.3, -0.25) is 9.59 Å². The fraction of sp³-hybridized carbons (Fsp3) is 0.556. The average molecular weight is 331 g/mol. The van der Waals surface area contributed by atoms with Gasteiger partial charge in [-0.25, -0.2) is 0 Å². The summed E-state index contributed by atoms with van der Waals surface area (Å²) in [6.45, 7) is 2.13. The maximum absolute atomic E-state index is 12.7. The van der Waals surface area contributed by atoms with Crippen molar-refractivity contribution in [2.75, 3.05) is 26.3 Å². The number of hydrogen-bond acceptors (Lipinski definition) is 4. The largest absolute Gasteiger partial charge is 0.486 e. The molecule has 0 spiro atoms. The van der Waals surface area contributed by atoms with Crippen LogP contribution < -0.4 is 9.47 Å². The van der Waals surface area contributed by atoms with Gasteiger partial charge in [0.05, 0.1) is 5.92 Å². The Morgan fingerprint density at radius 1 is 1.17 bits per heavy atom. The van der Waals surface area contributed by atoms with Crippen LogP contribution >= 0.6 is 0 Å². The zero-order valence-corrected chi connectivity index (χ0v) is 13.4. The zero-order valence-electron chi connectivity index (χ0n) is 13.4. The van der Waals surface area contributed by atoms with Gasteiger partial charge < -0.3 is 19.5 Å². The summed E-state index contributed by atoms with van der Waals surface area (Å²) in [6, 6.07) is 5.88. The summed E-state index contributed by atoms with van der Waals surface area (Å²) in [5, 5.41) is 9.17.